The van der Waals surface area contributed by atoms with Gasteiger partial charge in [-0.2, -0.15) is 0 Å². The van der Waals surface area contributed by atoms with E-state index >= 15 is 0 Å². The van der Waals surface area contributed by atoms with E-state index in [-0.39, 0.29) is 15.8 Å². The lowest BCUT2D eigenvalue weighted by atomic mass is 10.0. The normalized spacial score (nSPS) is 25.8. The molecule has 0 aromatic heterocycles. The van der Waals surface area contributed by atoms with Gasteiger partial charge in [-0.1, -0.05) is 23.7 Å². The van der Waals surface area contributed by atoms with Crippen molar-refractivity contribution in [1.82, 2.24) is 0 Å². The summed E-state index contributed by atoms with van der Waals surface area (Å²) in [7, 11) is 0. The van der Waals surface area contributed by atoms with Crippen molar-refractivity contribution in [2.24, 2.45) is 0 Å². The van der Waals surface area contributed by atoms with Crippen LogP contribution in [0.25, 0.3) is 0 Å². The van der Waals surface area contributed by atoms with E-state index in [0.29, 0.717) is 0 Å². The molecule has 1 aliphatic rings. The summed E-state index contributed by atoms with van der Waals surface area (Å²) in [6, 6.07) is 7.79. The molecule has 0 radical (unpaired) electrons. The lowest BCUT2D eigenvalue weighted by Crippen LogP contribution is -2.27. The highest BCUT2D eigenvalue weighted by Crippen LogP contribution is 2.46. The topological polar surface area (TPSA) is 21.8 Å². The molecule has 4 heteroatoms. The van der Waals surface area contributed by atoms with Gasteiger partial charge in [0.15, 0.2) is 5.60 Å². The van der Waals surface area contributed by atoms with Crippen molar-refractivity contribution >= 4 is 34.2 Å². The Morgan fingerprint density at radius 3 is 2.38 bits per heavy atom. The molecule has 2 atom stereocenters. The average Bonchev–Trinajstić information content (AvgIpc) is 2.98. The van der Waals surface area contributed by atoms with Crippen LogP contribution in [0.5, 0.6) is 0 Å². The second kappa shape index (κ2) is 4.80. The third-order valence-corrected chi connectivity index (χ3v) is 4.10. The van der Waals surface area contributed by atoms with Gasteiger partial charge in [-0.25, -0.2) is 0 Å². The number of alkyl halides is 1. The van der Waals surface area contributed by atoms with Crippen molar-refractivity contribution in [3.05, 3.63) is 34.9 Å². The van der Waals surface area contributed by atoms with Crippen LogP contribution in [0.1, 0.15) is 19.4 Å². The lowest BCUT2D eigenvalue weighted by molar-refractivity contribution is 0.0226. The van der Waals surface area contributed by atoms with Crippen LogP contribution in [0, 0.1) is 0 Å². The predicted octanol–water partition coefficient (Wildman–Crippen LogP) is 3.75. The van der Waals surface area contributed by atoms with E-state index in [1.54, 1.807) is 0 Å². The lowest BCUT2D eigenvalue weighted by Gasteiger charge is -2.21. The molecule has 0 aliphatic carbocycles. The molecule has 2 unspecified atom stereocenters. The molecular weight excluding hydrogens is 338 g/mol. The minimum absolute atomic E-state index is 0.0336. The van der Waals surface area contributed by atoms with Crippen LogP contribution >= 0.6 is 34.2 Å². The first kappa shape index (κ1) is 12.6. The molecule has 16 heavy (non-hydrogen) atoms. The molecule has 0 amide bonds. The van der Waals surface area contributed by atoms with Crippen LogP contribution in [0.3, 0.4) is 0 Å². The summed E-state index contributed by atoms with van der Waals surface area (Å²) in [4.78, 5) is 0. The third-order valence-electron chi connectivity index (χ3n) is 2.55. The second-order valence-corrected chi connectivity index (χ2v) is 5.75. The Morgan fingerprint density at radius 2 is 1.94 bits per heavy atom. The molecule has 1 heterocycles. The average molecular weight is 353 g/mol. The molecule has 1 fully saturated rings. The largest absolute Gasteiger partial charge is 0.362 e. The first-order chi connectivity index (χ1) is 7.54. The van der Waals surface area contributed by atoms with Gasteiger partial charge in [0.1, 0.15) is 4.11 Å². The fourth-order valence-corrected chi connectivity index (χ4v) is 3.02. The summed E-state index contributed by atoms with van der Waals surface area (Å²) in [5.41, 5.74) is 0.868. The first-order valence-corrected chi connectivity index (χ1v) is 6.86. The fourth-order valence-electron chi connectivity index (χ4n) is 1.59. The van der Waals surface area contributed by atoms with E-state index in [1.807, 2.05) is 38.1 Å². The van der Waals surface area contributed by atoms with E-state index in [2.05, 4.69) is 22.6 Å². The molecule has 2 nitrogen and oxygen atoms in total. The molecular formula is C12H14ClIO2. The standard InChI is InChI=1S/C12H14ClIO2/c1-8(2)16-11(14)12(7-15-12)9-3-5-10(13)6-4-9/h3-6,8,11H,7H2,1-2H3. The third kappa shape index (κ3) is 2.53. The van der Waals surface area contributed by atoms with Gasteiger partial charge in [-0.15, -0.1) is 0 Å². The highest BCUT2D eigenvalue weighted by molar-refractivity contribution is 14.1. The molecule has 1 aromatic rings. The predicted molar refractivity (Wildman–Crippen MR) is 73.1 cm³/mol. The Labute approximate surface area is 114 Å². The van der Waals surface area contributed by atoms with Crippen LogP contribution < -0.4 is 0 Å². The Kier molecular flexibility index (Phi) is 3.79. The van der Waals surface area contributed by atoms with Crippen molar-refractivity contribution in [2.45, 2.75) is 29.7 Å². The number of rotatable bonds is 4. The quantitative estimate of drug-likeness (QED) is 0.468. The maximum atomic E-state index is 5.87. The van der Waals surface area contributed by atoms with Crippen LogP contribution in [0.15, 0.2) is 24.3 Å². The van der Waals surface area contributed by atoms with Crippen LogP contribution in [0.4, 0.5) is 0 Å². The van der Waals surface area contributed by atoms with Gasteiger partial charge in [-0.3, -0.25) is 0 Å². The van der Waals surface area contributed by atoms with E-state index in [9.17, 15) is 0 Å². The minimum atomic E-state index is -0.268. The van der Waals surface area contributed by atoms with Gasteiger partial charge < -0.3 is 9.47 Å². The maximum absolute atomic E-state index is 5.87. The Balaban J connectivity index is 2.16. The van der Waals surface area contributed by atoms with Crippen LogP contribution in [0.2, 0.25) is 5.02 Å². The zero-order valence-electron chi connectivity index (χ0n) is 9.24. The maximum Gasteiger partial charge on any atom is 0.152 e. The van der Waals surface area contributed by atoms with Gasteiger partial charge in [0.2, 0.25) is 0 Å². The number of benzene rings is 1. The summed E-state index contributed by atoms with van der Waals surface area (Å²) >= 11 is 8.17. The van der Waals surface area contributed by atoms with Crippen molar-refractivity contribution in [3.8, 4) is 0 Å². The summed E-state index contributed by atoms with van der Waals surface area (Å²) in [5.74, 6) is 0. The van der Waals surface area contributed by atoms with Crippen LogP contribution in [-0.4, -0.2) is 16.8 Å². The smallest absolute Gasteiger partial charge is 0.152 e. The zero-order chi connectivity index (χ0) is 11.8. The molecule has 88 valence electrons. The number of halogens is 2. The SMILES string of the molecule is CC(C)OC(I)C1(c2ccc(Cl)cc2)CO1. The van der Waals surface area contributed by atoms with Gasteiger partial charge >= 0.3 is 0 Å². The van der Waals surface area contributed by atoms with Crippen molar-refractivity contribution in [1.29, 1.82) is 0 Å². The summed E-state index contributed by atoms with van der Waals surface area (Å²) in [6.07, 6.45) is 0.204. The van der Waals surface area contributed by atoms with Crippen molar-refractivity contribution < 1.29 is 9.47 Å². The number of hydrogen-bond donors (Lipinski definition) is 0. The van der Waals surface area contributed by atoms with E-state index in [0.717, 1.165) is 17.2 Å². The summed E-state index contributed by atoms with van der Waals surface area (Å²) in [6.45, 7) is 4.78. The molecule has 1 aliphatic heterocycles. The van der Waals surface area contributed by atoms with E-state index < -0.39 is 0 Å². The monoisotopic (exact) mass is 352 g/mol. The van der Waals surface area contributed by atoms with Gasteiger partial charge in [-0.05, 0) is 54.1 Å². The van der Waals surface area contributed by atoms with Crippen molar-refractivity contribution in [2.75, 3.05) is 6.61 Å². The summed E-state index contributed by atoms with van der Waals surface area (Å²) < 4.78 is 11.4. The molecule has 2 rings (SSSR count). The minimum Gasteiger partial charge on any atom is -0.362 e. The molecule has 0 saturated carbocycles. The molecule has 0 spiro atoms. The van der Waals surface area contributed by atoms with Crippen molar-refractivity contribution in [3.63, 3.8) is 0 Å². The molecule has 0 bridgehead atoms. The number of epoxide rings is 1. The summed E-state index contributed by atoms with van der Waals surface area (Å²) in [5, 5.41) is 0.745. The zero-order valence-corrected chi connectivity index (χ0v) is 12.2. The van der Waals surface area contributed by atoms with Gasteiger partial charge in [0.25, 0.3) is 0 Å². The molecule has 0 N–H and O–H groups in total. The fraction of sp³-hybridized carbons (Fsp3) is 0.500. The Morgan fingerprint density at radius 1 is 1.38 bits per heavy atom. The van der Waals surface area contributed by atoms with Crippen LogP contribution in [-0.2, 0) is 15.1 Å². The highest BCUT2D eigenvalue weighted by atomic mass is 127. The first-order valence-electron chi connectivity index (χ1n) is 5.24. The van der Waals surface area contributed by atoms with Gasteiger partial charge in [0.05, 0.1) is 12.7 Å². The molecule has 1 aromatic carbocycles. The highest BCUT2D eigenvalue weighted by Gasteiger charge is 2.53. The van der Waals surface area contributed by atoms with Gasteiger partial charge in [0, 0.05) is 5.02 Å². The van der Waals surface area contributed by atoms with E-state index in [1.165, 1.54) is 0 Å². The second-order valence-electron chi connectivity index (χ2n) is 4.19. The number of hydrogen-bond acceptors (Lipinski definition) is 2. The Hall–Kier alpha value is 0.160. The Bertz CT molecular complexity index is 360. The molecule has 1 saturated heterocycles. The van der Waals surface area contributed by atoms with E-state index in [4.69, 9.17) is 21.1 Å². The number of ether oxygens (including phenoxy) is 2.